The van der Waals surface area contributed by atoms with Gasteiger partial charge in [0, 0.05) is 38.6 Å². The Bertz CT molecular complexity index is 2970. The molecule has 0 amide bonds. The normalized spacial score (nSPS) is 13.1. The summed E-state index contributed by atoms with van der Waals surface area (Å²) in [4.78, 5) is 0. The number of allylic oxidation sites excluding steroid dienone is 12. The molecular weight excluding hydrogens is 741 g/mol. The molecular formula is C57H56N4. The standard InChI is InChI=1S/C50H45N3.C7H11N/c1-5-16-39(17-10-7-11-22-45(51)35-25-29-38(30-26-35)50(2,3)4)52-46-23-14-12-20-41(46)43-33-36(27-31-48(43)52)37-28-32-49-44(34-37)42-21-13-15-24-47(42)53(49)40-18-8-6-9-19-40;1-2-3-4-5-6-7-8/h5-10,12-34H,11,51H2,1-4H3;2-7H,8H2,1H3/b10-7+,16-5-,39-17+,45-22-;3-2+,5-4-,7-6-. The van der Waals surface area contributed by atoms with Crippen LogP contribution in [0.5, 0.6) is 0 Å². The topological polar surface area (TPSA) is 61.9 Å². The summed E-state index contributed by atoms with van der Waals surface area (Å²) >= 11 is 0. The van der Waals surface area contributed by atoms with Gasteiger partial charge in [0.25, 0.3) is 0 Å². The van der Waals surface area contributed by atoms with Gasteiger partial charge in [-0.05, 0) is 121 Å². The third-order valence-corrected chi connectivity index (χ3v) is 10.9. The molecule has 2 aromatic heterocycles. The summed E-state index contributed by atoms with van der Waals surface area (Å²) in [6.07, 6.45) is 24.6. The largest absolute Gasteiger partial charge is 0.405 e. The lowest BCUT2D eigenvalue weighted by molar-refractivity contribution is 0.590. The zero-order valence-electron chi connectivity index (χ0n) is 36.0. The van der Waals surface area contributed by atoms with Crippen LogP contribution in [0.3, 0.4) is 0 Å². The first-order valence-corrected chi connectivity index (χ1v) is 21.1. The lowest BCUT2D eigenvalue weighted by Crippen LogP contribution is -2.10. The van der Waals surface area contributed by atoms with Crippen molar-refractivity contribution >= 4 is 55.0 Å². The molecule has 0 bridgehead atoms. The van der Waals surface area contributed by atoms with Gasteiger partial charge in [0.15, 0.2) is 0 Å². The third-order valence-electron chi connectivity index (χ3n) is 10.9. The van der Waals surface area contributed by atoms with E-state index in [1.54, 1.807) is 6.08 Å². The molecule has 0 saturated heterocycles. The summed E-state index contributed by atoms with van der Waals surface area (Å²) in [6.45, 7) is 10.7. The minimum atomic E-state index is 0.122. The van der Waals surface area contributed by atoms with Crippen molar-refractivity contribution in [2.45, 2.75) is 46.5 Å². The van der Waals surface area contributed by atoms with Gasteiger partial charge in [0.05, 0.1) is 22.1 Å². The van der Waals surface area contributed by atoms with Crippen LogP contribution in [0.1, 0.15) is 52.2 Å². The second-order valence-electron chi connectivity index (χ2n) is 16.0. The Morgan fingerprint density at radius 1 is 0.574 bits per heavy atom. The van der Waals surface area contributed by atoms with Crippen LogP contribution in [0.25, 0.3) is 71.8 Å². The zero-order valence-corrected chi connectivity index (χ0v) is 36.0. The van der Waals surface area contributed by atoms with Crippen LogP contribution in [0.15, 0.2) is 213 Å². The maximum absolute atomic E-state index is 6.47. The van der Waals surface area contributed by atoms with Crippen LogP contribution in [0.2, 0.25) is 0 Å². The lowest BCUT2D eigenvalue weighted by Gasteiger charge is -2.19. The summed E-state index contributed by atoms with van der Waals surface area (Å²) in [5.41, 5.74) is 24.3. The van der Waals surface area contributed by atoms with E-state index in [-0.39, 0.29) is 5.41 Å². The molecule has 0 atom stereocenters. The highest BCUT2D eigenvalue weighted by molar-refractivity contribution is 6.13. The third kappa shape index (κ3) is 9.30. The second kappa shape index (κ2) is 19.2. The van der Waals surface area contributed by atoms with Crippen LogP contribution in [-0.2, 0) is 5.41 Å². The highest BCUT2D eigenvalue weighted by Crippen LogP contribution is 2.38. The minimum Gasteiger partial charge on any atom is -0.405 e. The van der Waals surface area contributed by atoms with Crippen molar-refractivity contribution in [2.75, 3.05) is 0 Å². The zero-order chi connectivity index (χ0) is 42.8. The average molecular weight is 797 g/mol. The molecule has 0 fully saturated rings. The van der Waals surface area contributed by atoms with E-state index in [1.165, 1.54) is 72.2 Å². The molecule has 0 unspecified atom stereocenters. The lowest BCUT2D eigenvalue weighted by atomic mass is 9.86. The average Bonchev–Trinajstić information content (AvgIpc) is 3.80. The van der Waals surface area contributed by atoms with Gasteiger partial charge in [0.2, 0.25) is 0 Å². The van der Waals surface area contributed by atoms with Crippen LogP contribution in [-0.4, -0.2) is 9.13 Å². The first kappa shape index (κ1) is 41.8. The Kier molecular flexibility index (Phi) is 13.2. The van der Waals surface area contributed by atoms with Crippen LogP contribution in [0, 0.1) is 0 Å². The number of nitrogens with two attached hydrogens (primary N) is 2. The van der Waals surface area contributed by atoms with E-state index in [4.69, 9.17) is 11.5 Å². The fraction of sp³-hybridized carbons (Fsp3) is 0.123. The van der Waals surface area contributed by atoms with E-state index in [0.29, 0.717) is 0 Å². The molecule has 0 spiro atoms. The second-order valence-corrected chi connectivity index (χ2v) is 16.0. The molecule has 304 valence electrons. The van der Waals surface area contributed by atoms with Gasteiger partial charge >= 0.3 is 0 Å². The number of fused-ring (bicyclic) bond motifs is 6. The summed E-state index contributed by atoms with van der Waals surface area (Å²) in [5, 5.41) is 4.98. The Morgan fingerprint density at radius 3 is 1.80 bits per heavy atom. The first-order valence-electron chi connectivity index (χ1n) is 21.1. The summed E-state index contributed by atoms with van der Waals surface area (Å²) in [6, 6.07) is 50.4. The van der Waals surface area contributed by atoms with Crippen LogP contribution < -0.4 is 11.5 Å². The molecule has 6 aromatic carbocycles. The summed E-state index contributed by atoms with van der Waals surface area (Å²) in [5.74, 6) is 0. The summed E-state index contributed by atoms with van der Waals surface area (Å²) in [7, 11) is 0. The van der Waals surface area contributed by atoms with E-state index < -0.39 is 0 Å². The molecule has 0 aliphatic rings. The first-order chi connectivity index (χ1) is 29.7. The molecule has 61 heavy (non-hydrogen) atoms. The SMILES string of the molecule is C/C=C/C=C\C=C/N.C\C=C/C(=C\C=C\C/C=C(\N)c1ccc(C(C)(C)C)cc1)n1c2ccccc2c2cc(-c3ccc4c(c3)c3ccccc3n4-c3ccccc3)ccc21. The van der Waals surface area contributed by atoms with Crippen molar-refractivity contribution < 1.29 is 0 Å². The van der Waals surface area contributed by atoms with Gasteiger partial charge in [-0.25, -0.2) is 0 Å². The van der Waals surface area contributed by atoms with E-state index in [2.05, 4.69) is 213 Å². The number of nitrogens with zero attached hydrogens (tertiary/aromatic N) is 2. The fourth-order valence-corrected chi connectivity index (χ4v) is 7.84. The van der Waals surface area contributed by atoms with Gasteiger partial charge in [-0.2, -0.15) is 0 Å². The number of rotatable bonds is 10. The maximum atomic E-state index is 6.47. The quantitative estimate of drug-likeness (QED) is 0.135. The van der Waals surface area contributed by atoms with Gasteiger partial charge in [0.1, 0.15) is 0 Å². The van der Waals surface area contributed by atoms with E-state index in [0.717, 1.165) is 23.4 Å². The number of para-hydroxylation sites is 3. The van der Waals surface area contributed by atoms with Gasteiger partial charge in [-0.1, -0.05) is 160 Å². The van der Waals surface area contributed by atoms with Crippen molar-refractivity contribution in [3.8, 4) is 16.8 Å². The van der Waals surface area contributed by atoms with Gasteiger partial charge in [-0.3, -0.25) is 0 Å². The van der Waals surface area contributed by atoms with Gasteiger partial charge in [-0.15, -0.1) is 0 Å². The molecule has 4 N–H and O–H groups in total. The van der Waals surface area contributed by atoms with Crippen molar-refractivity contribution in [2.24, 2.45) is 11.5 Å². The molecule has 4 heteroatoms. The molecule has 4 nitrogen and oxygen atoms in total. The van der Waals surface area contributed by atoms with Crippen molar-refractivity contribution in [3.63, 3.8) is 0 Å². The number of benzene rings is 6. The monoisotopic (exact) mass is 796 g/mol. The fourth-order valence-electron chi connectivity index (χ4n) is 7.84. The highest BCUT2D eigenvalue weighted by Gasteiger charge is 2.16. The Hall–Kier alpha value is -7.30. The summed E-state index contributed by atoms with van der Waals surface area (Å²) < 4.78 is 4.74. The molecule has 0 aliphatic heterocycles. The predicted molar refractivity (Wildman–Crippen MR) is 267 cm³/mol. The molecule has 0 radical (unpaired) electrons. The predicted octanol–water partition coefficient (Wildman–Crippen LogP) is 14.8. The molecule has 2 heterocycles. The maximum Gasteiger partial charge on any atom is 0.0541 e. The van der Waals surface area contributed by atoms with Crippen molar-refractivity contribution in [1.29, 1.82) is 0 Å². The molecule has 0 aliphatic carbocycles. The van der Waals surface area contributed by atoms with Crippen molar-refractivity contribution in [3.05, 3.63) is 224 Å². The Labute approximate surface area is 361 Å². The van der Waals surface area contributed by atoms with E-state index in [9.17, 15) is 0 Å². The smallest absolute Gasteiger partial charge is 0.0541 e. The molecule has 8 aromatic rings. The highest BCUT2D eigenvalue weighted by atomic mass is 15.0. The number of hydrogen-bond acceptors (Lipinski definition) is 2. The number of hydrogen-bond donors (Lipinski definition) is 2. The minimum absolute atomic E-state index is 0.122. The van der Waals surface area contributed by atoms with Gasteiger partial charge < -0.3 is 20.6 Å². The van der Waals surface area contributed by atoms with Crippen LogP contribution in [0.4, 0.5) is 0 Å². The number of aromatic nitrogens is 2. The van der Waals surface area contributed by atoms with Crippen LogP contribution >= 0.6 is 0 Å². The van der Waals surface area contributed by atoms with E-state index >= 15 is 0 Å². The molecule has 0 saturated carbocycles. The van der Waals surface area contributed by atoms with E-state index in [1.807, 2.05) is 31.2 Å². The Balaban J connectivity index is 0.000000639. The molecule has 8 rings (SSSR count). The Morgan fingerprint density at radius 2 is 1.15 bits per heavy atom. The van der Waals surface area contributed by atoms with Crippen molar-refractivity contribution in [1.82, 2.24) is 9.13 Å².